The number of rotatable bonds is 6. The van der Waals surface area contributed by atoms with Crippen LogP contribution in [0.15, 0.2) is 36.7 Å². The molecule has 2 heterocycles. The molecule has 0 saturated carbocycles. The van der Waals surface area contributed by atoms with Gasteiger partial charge in [0, 0.05) is 23.9 Å². The van der Waals surface area contributed by atoms with Crippen molar-refractivity contribution in [3.63, 3.8) is 0 Å². The first kappa shape index (κ1) is 15.1. The van der Waals surface area contributed by atoms with E-state index >= 15 is 0 Å². The van der Waals surface area contributed by atoms with Gasteiger partial charge in [0.1, 0.15) is 18.5 Å². The Kier molecular flexibility index (Phi) is 5.08. The van der Waals surface area contributed by atoms with Crippen LogP contribution in [0.4, 0.5) is 0 Å². The quantitative estimate of drug-likeness (QED) is 0.859. The Balaban J connectivity index is 1.57. The zero-order valence-corrected chi connectivity index (χ0v) is 12.7. The molecule has 22 heavy (non-hydrogen) atoms. The molecule has 0 amide bonds. The lowest BCUT2D eigenvalue weighted by Crippen LogP contribution is -2.38. The number of nitrogens with one attached hydrogen (secondary N) is 1. The van der Waals surface area contributed by atoms with Gasteiger partial charge in [0.15, 0.2) is 0 Å². The number of likely N-dealkylation sites (tertiary alicyclic amines) is 1. The maximum atomic E-state index is 10.2. The van der Waals surface area contributed by atoms with Crippen LogP contribution < -0.4 is 4.74 Å². The molecule has 0 spiro atoms. The molecule has 5 heteroatoms. The highest BCUT2D eigenvalue weighted by atomic mass is 16.5. The van der Waals surface area contributed by atoms with Gasteiger partial charge in [-0.1, -0.05) is 24.6 Å². The molecule has 2 aromatic rings. The second-order valence-electron chi connectivity index (χ2n) is 5.81. The van der Waals surface area contributed by atoms with Crippen LogP contribution in [0.1, 0.15) is 19.3 Å². The van der Waals surface area contributed by atoms with Gasteiger partial charge in [0.05, 0.1) is 6.20 Å². The van der Waals surface area contributed by atoms with Crippen LogP contribution >= 0.6 is 0 Å². The largest absolute Gasteiger partial charge is 0.490 e. The molecule has 1 aliphatic rings. The van der Waals surface area contributed by atoms with Crippen molar-refractivity contribution < 1.29 is 9.84 Å². The molecule has 1 aromatic heterocycles. The zero-order valence-electron chi connectivity index (χ0n) is 12.7. The Morgan fingerprint density at radius 1 is 1.23 bits per heavy atom. The number of aliphatic hydroxyl groups excluding tert-OH is 1. The summed E-state index contributed by atoms with van der Waals surface area (Å²) in [6, 6.07) is 7.84. The standard InChI is InChI=1S/C17H23N3O2/c21-15(12-20-8-4-1-5-9-20)13-22-17-7-3-2-6-16(17)14-10-18-19-11-14/h2-3,6-7,10-11,15,21H,1,4-5,8-9,12-13H2,(H,18,19)/t15-/m0/s1. The molecule has 0 aliphatic carbocycles. The normalized spacial score (nSPS) is 17.3. The van der Waals surface area contributed by atoms with Gasteiger partial charge < -0.3 is 14.7 Å². The average molecular weight is 301 g/mol. The summed E-state index contributed by atoms with van der Waals surface area (Å²) in [4.78, 5) is 2.32. The number of aromatic amines is 1. The highest BCUT2D eigenvalue weighted by Gasteiger charge is 2.15. The van der Waals surface area contributed by atoms with Gasteiger partial charge in [0.25, 0.3) is 0 Å². The number of para-hydroxylation sites is 1. The topological polar surface area (TPSA) is 61.4 Å². The predicted octanol–water partition coefficient (Wildman–Crippen LogP) is 2.30. The molecular formula is C17H23N3O2. The monoisotopic (exact) mass is 301 g/mol. The Morgan fingerprint density at radius 3 is 2.82 bits per heavy atom. The summed E-state index contributed by atoms with van der Waals surface area (Å²) in [5.41, 5.74) is 1.97. The van der Waals surface area contributed by atoms with E-state index in [1.165, 1.54) is 19.3 Å². The molecule has 1 saturated heterocycles. The zero-order chi connectivity index (χ0) is 15.2. The van der Waals surface area contributed by atoms with E-state index in [0.717, 1.165) is 30.0 Å². The van der Waals surface area contributed by atoms with Crippen molar-refractivity contribution in [2.45, 2.75) is 25.4 Å². The summed E-state index contributed by atoms with van der Waals surface area (Å²) in [6.07, 6.45) is 6.92. The summed E-state index contributed by atoms with van der Waals surface area (Å²) >= 11 is 0. The molecule has 0 unspecified atom stereocenters. The highest BCUT2D eigenvalue weighted by molar-refractivity contribution is 5.68. The number of aliphatic hydroxyl groups is 1. The smallest absolute Gasteiger partial charge is 0.127 e. The van der Waals surface area contributed by atoms with E-state index in [1.807, 2.05) is 30.5 Å². The fourth-order valence-electron chi connectivity index (χ4n) is 2.91. The average Bonchev–Trinajstić information content (AvgIpc) is 3.08. The lowest BCUT2D eigenvalue weighted by Gasteiger charge is -2.28. The lowest BCUT2D eigenvalue weighted by atomic mass is 10.1. The maximum absolute atomic E-state index is 10.2. The van der Waals surface area contributed by atoms with E-state index in [4.69, 9.17) is 4.74 Å². The van der Waals surface area contributed by atoms with Crippen molar-refractivity contribution in [1.82, 2.24) is 15.1 Å². The minimum atomic E-state index is -0.462. The molecular weight excluding hydrogens is 278 g/mol. The Hall–Kier alpha value is -1.85. The first-order valence-electron chi connectivity index (χ1n) is 7.94. The third kappa shape index (κ3) is 3.87. The van der Waals surface area contributed by atoms with Crippen molar-refractivity contribution in [3.05, 3.63) is 36.7 Å². The fraction of sp³-hybridized carbons (Fsp3) is 0.471. The minimum absolute atomic E-state index is 0.311. The molecule has 118 valence electrons. The van der Waals surface area contributed by atoms with Gasteiger partial charge in [-0.3, -0.25) is 5.10 Å². The van der Waals surface area contributed by atoms with Gasteiger partial charge in [0.2, 0.25) is 0 Å². The Labute approximate surface area is 130 Å². The van der Waals surface area contributed by atoms with Gasteiger partial charge in [-0.05, 0) is 32.0 Å². The van der Waals surface area contributed by atoms with Crippen LogP contribution in [0.2, 0.25) is 0 Å². The van der Waals surface area contributed by atoms with E-state index in [1.54, 1.807) is 6.20 Å². The third-order valence-corrected chi connectivity index (χ3v) is 4.05. The summed E-state index contributed by atoms with van der Waals surface area (Å²) in [7, 11) is 0. The van der Waals surface area contributed by atoms with Crippen LogP contribution in [0.3, 0.4) is 0 Å². The molecule has 5 nitrogen and oxygen atoms in total. The fourth-order valence-corrected chi connectivity index (χ4v) is 2.91. The molecule has 1 aromatic carbocycles. The lowest BCUT2D eigenvalue weighted by molar-refractivity contribution is 0.0619. The van der Waals surface area contributed by atoms with E-state index in [0.29, 0.717) is 13.2 Å². The number of hydrogen-bond donors (Lipinski definition) is 2. The third-order valence-electron chi connectivity index (χ3n) is 4.05. The van der Waals surface area contributed by atoms with Crippen LogP contribution in [0.25, 0.3) is 11.1 Å². The number of benzene rings is 1. The van der Waals surface area contributed by atoms with Gasteiger partial charge in [-0.25, -0.2) is 0 Å². The van der Waals surface area contributed by atoms with E-state index in [9.17, 15) is 5.11 Å². The number of ether oxygens (including phenoxy) is 1. The molecule has 1 aliphatic heterocycles. The van der Waals surface area contributed by atoms with Crippen molar-refractivity contribution >= 4 is 0 Å². The van der Waals surface area contributed by atoms with Crippen LogP contribution in [-0.2, 0) is 0 Å². The summed E-state index contributed by atoms with van der Waals surface area (Å²) in [5, 5.41) is 17.0. The summed E-state index contributed by atoms with van der Waals surface area (Å²) in [6.45, 7) is 3.17. The number of piperidine rings is 1. The summed E-state index contributed by atoms with van der Waals surface area (Å²) in [5.74, 6) is 0.779. The van der Waals surface area contributed by atoms with Gasteiger partial charge >= 0.3 is 0 Å². The number of β-amino-alcohol motifs (C(OH)–C–C–N with tert-alkyl or cyclic N) is 1. The maximum Gasteiger partial charge on any atom is 0.127 e. The van der Waals surface area contributed by atoms with Gasteiger partial charge in [-0.15, -0.1) is 0 Å². The van der Waals surface area contributed by atoms with Crippen molar-refractivity contribution in [3.8, 4) is 16.9 Å². The highest BCUT2D eigenvalue weighted by Crippen LogP contribution is 2.28. The van der Waals surface area contributed by atoms with E-state index in [2.05, 4.69) is 15.1 Å². The summed E-state index contributed by atoms with van der Waals surface area (Å²) < 4.78 is 5.85. The van der Waals surface area contributed by atoms with Crippen LogP contribution in [0.5, 0.6) is 5.75 Å². The molecule has 1 atom stereocenters. The Bertz CT molecular complexity index is 565. The molecule has 3 rings (SSSR count). The minimum Gasteiger partial charge on any atom is -0.490 e. The van der Waals surface area contributed by atoms with Crippen LogP contribution in [0, 0.1) is 0 Å². The SMILES string of the molecule is O[C@H](COc1ccccc1-c1cn[nH]c1)CN1CCCCC1. The van der Waals surface area contributed by atoms with Crippen molar-refractivity contribution in [2.75, 3.05) is 26.2 Å². The first-order valence-corrected chi connectivity index (χ1v) is 7.94. The number of hydrogen-bond acceptors (Lipinski definition) is 4. The van der Waals surface area contributed by atoms with Gasteiger partial charge in [-0.2, -0.15) is 5.10 Å². The van der Waals surface area contributed by atoms with Crippen molar-refractivity contribution in [2.24, 2.45) is 0 Å². The molecule has 0 bridgehead atoms. The van der Waals surface area contributed by atoms with Crippen molar-refractivity contribution in [1.29, 1.82) is 0 Å². The number of nitrogens with zero attached hydrogens (tertiary/aromatic N) is 2. The van der Waals surface area contributed by atoms with E-state index < -0.39 is 6.10 Å². The predicted molar refractivity (Wildman–Crippen MR) is 85.8 cm³/mol. The number of H-pyrrole nitrogens is 1. The molecule has 1 fully saturated rings. The van der Waals surface area contributed by atoms with E-state index in [-0.39, 0.29) is 0 Å². The molecule has 2 N–H and O–H groups in total. The number of aromatic nitrogens is 2. The second-order valence-corrected chi connectivity index (χ2v) is 5.81. The Morgan fingerprint density at radius 2 is 2.05 bits per heavy atom. The first-order chi connectivity index (χ1) is 10.8. The molecule has 0 radical (unpaired) electrons. The van der Waals surface area contributed by atoms with Crippen LogP contribution in [-0.4, -0.2) is 52.5 Å². The second kappa shape index (κ2) is 7.42.